The molecule has 1 aromatic rings. The number of carboxylic acids is 1. The van der Waals surface area contributed by atoms with E-state index in [9.17, 15) is 9.59 Å². The quantitative estimate of drug-likeness (QED) is 0.146. The Bertz CT molecular complexity index is 794. The summed E-state index contributed by atoms with van der Waals surface area (Å²) in [6.45, 7) is 8.20. The molecule has 6 heteroatoms. The highest BCUT2D eigenvalue weighted by Crippen LogP contribution is 2.45. The highest BCUT2D eigenvalue weighted by Gasteiger charge is 2.24. The van der Waals surface area contributed by atoms with Gasteiger partial charge < -0.3 is 19.3 Å². The first-order chi connectivity index (χ1) is 15.3. The van der Waals surface area contributed by atoms with E-state index in [1.165, 1.54) is 5.57 Å². The molecule has 0 unspecified atom stereocenters. The van der Waals surface area contributed by atoms with E-state index in [1.54, 1.807) is 14.2 Å². The fraction of sp³-hybridized carbons (Fsp3) is 0.615. The lowest BCUT2D eigenvalue weighted by Crippen LogP contribution is -2.12. The lowest BCUT2D eigenvalue weighted by molar-refractivity contribution is -0.137. The number of hydrogen-bond donors (Lipinski definition) is 1. The van der Waals surface area contributed by atoms with Crippen molar-refractivity contribution in [2.24, 2.45) is 0 Å². The number of esters is 1. The van der Waals surface area contributed by atoms with Crippen molar-refractivity contribution in [3.63, 3.8) is 0 Å². The van der Waals surface area contributed by atoms with Crippen LogP contribution < -0.4 is 14.2 Å². The van der Waals surface area contributed by atoms with E-state index < -0.39 is 5.97 Å². The average molecular weight is 449 g/mol. The van der Waals surface area contributed by atoms with Crippen LogP contribution in [0.5, 0.6) is 17.2 Å². The molecular weight excluding hydrogens is 408 g/mol. The number of carbonyl (C=O) groups is 2. The number of allylic oxidation sites excluding steroid dienone is 2. The summed E-state index contributed by atoms with van der Waals surface area (Å²) in [7, 11) is 3.15. The second-order valence-corrected chi connectivity index (χ2v) is 8.22. The molecule has 0 amide bonds. The molecular formula is C26H40O6. The molecule has 6 nitrogen and oxygen atoms in total. The molecule has 0 bridgehead atoms. The first-order valence-corrected chi connectivity index (χ1v) is 11.6. The van der Waals surface area contributed by atoms with E-state index in [1.807, 2.05) is 13.8 Å². The third kappa shape index (κ3) is 8.56. The predicted molar refractivity (Wildman–Crippen MR) is 127 cm³/mol. The van der Waals surface area contributed by atoms with Crippen LogP contribution in [-0.2, 0) is 16.0 Å². The fourth-order valence-electron chi connectivity index (χ4n) is 3.70. The van der Waals surface area contributed by atoms with Gasteiger partial charge in [-0.3, -0.25) is 9.59 Å². The van der Waals surface area contributed by atoms with Crippen molar-refractivity contribution >= 4 is 11.9 Å². The SMILES string of the molecule is CC/C(C)=C/Cc1c(C)c(OC)c(OC)c(OC(=O)CCCCCCCCC(=O)O)c1C. The van der Waals surface area contributed by atoms with Crippen molar-refractivity contribution in [2.45, 2.75) is 91.9 Å². The first kappa shape index (κ1) is 27.5. The number of hydrogen-bond acceptors (Lipinski definition) is 5. The summed E-state index contributed by atoms with van der Waals surface area (Å²) in [5, 5.41) is 8.65. The minimum absolute atomic E-state index is 0.226. The van der Waals surface area contributed by atoms with Crippen LogP contribution in [0.15, 0.2) is 11.6 Å². The smallest absolute Gasteiger partial charge is 0.311 e. The first-order valence-electron chi connectivity index (χ1n) is 11.6. The third-order valence-electron chi connectivity index (χ3n) is 5.86. The zero-order valence-corrected chi connectivity index (χ0v) is 20.6. The Morgan fingerprint density at radius 1 is 0.844 bits per heavy atom. The van der Waals surface area contributed by atoms with Crippen molar-refractivity contribution in [3.05, 3.63) is 28.3 Å². The molecule has 1 aromatic carbocycles. The maximum absolute atomic E-state index is 12.6. The van der Waals surface area contributed by atoms with Crippen LogP contribution in [0.3, 0.4) is 0 Å². The van der Waals surface area contributed by atoms with E-state index >= 15 is 0 Å². The number of ether oxygens (including phenoxy) is 3. The highest BCUT2D eigenvalue weighted by molar-refractivity contribution is 5.76. The lowest BCUT2D eigenvalue weighted by Gasteiger charge is -2.21. The van der Waals surface area contributed by atoms with Gasteiger partial charge in [0.05, 0.1) is 14.2 Å². The Labute approximate surface area is 192 Å². The molecule has 180 valence electrons. The Morgan fingerprint density at radius 3 is 1.91 bits per heavy atom. The number of aliphatic carboxylic acids is 1. The van der Waals surface area contributed by atoms with Gasteiger partial charge in [-0.2, -0.15) is 0 Å². The van der Waals surface area contributed by atoms with Gasteiger partial charge in [-0.1, -0.05) is 44.3 Å². The Hall–Kier alpha value is -2.50. The predicted octanol–water partition coefficient (Wildman–Crippen LogP) is 6.33. The van der Waals surface area contributed by atoms with Crippen molar-refractivity contribution < 1.29 is 28.9 Å². The van der Waals surface area contributed by atoms with Crippen molar-refractivity contribution in [1.29, 1.82) is 0 Å². The summed E-state index contributed by atoms with van der Waals surface area (Å²) in [6, 6.07) is 0. The molecule has 0 aliphatic carbocycles. The molecule has 0 saturated carbocycles. The molecule has 0 radical (unpaired) electrons. The van der Waals surface area contributed by atoms with Crippen LogP contribution in [0.25, 0.3) is 0 Å². The molecule has 1 N–H and O–H groups in total. The maximum atomic E-state index is 12.6. The second kappa shape index (κ2) is 14.5. The largest absolute Gasteiger partial charge is 0.492 e. The minimum Gasteiger partial charge on any atom is -0.492 e. The van der Waals surface area contributed by atoms with E-state index in [0.29, 0.717) is 30.1 Å². The zero-order valence-electron chi connectivity index (χ0n) is 20.6. The zero-order chi connectivity index (χ0) is 24.1. The topological polar surface area (TPSA) is 82.1 Å². The maximum Gasteiger partial charge on any atom is 0.311 e. The van der Waals surface area contributed by atoms with Gasteiger partial charge in [-0.15, -0.1) is 0 Å². The fourth-order valence-corrected chi connectivity index (χ4v) is 3.70. The van der Waals surface area contributed by atoms with Crippen LogP contribution in [0, 0.1) is 13.8 Å². The number of benzene rings is 1. The van der Waals surface area contributed by atoms with Crippen LogP contribution >= 0.6 is 0 Å². The van der Waals surface area contributed by atoms with Crippen molar-refractivity contribution in [3.8, 4) is 17.2 Å². The standard InChI is InChI=1S/C26H40O6/c1-7-18(2)16-17-21-19(3)24(30-5)26(31-6)25(20(21)4)32-23(29)15-13-11-9-8-10-12-14-22(27)28/h16H,7-15,17H2,1-6H3,(H,27,28)/b18-16+. The molecule has 1 rings (SSSR count). The molecule has 0 aromatic heterocycles. The Balaban J connectivity index is 2.81. The molecule has 0 fully saturated rings. The molecule has 32 heavy (non-hydrogen) atoms. The number of carboxylic acid groups (broad SMARTS) is 1. The van der Waals surface area contributed by atoms with Crippen LogP contribution in [0.1, 0.15) is 88.3 Å². The van der Waals surface area contributed by atoms with Crippen LogP contribution in [-0.4, -0.2) is 31.3 Å². The summed E-state index contributed by atoms with van der Waals surface area (Å²) in [4.78, 5) is 23.1. The van der Waals surface area contributed by atoms with Gasteiger partial charge in [-0.25, -0.2) is 0 Å². The summed E-state index contributed by atoms with van der Waals surface area (Å²) in [6.07, 6.45) is 9.74. The molecule has 0 atom stereocenters. The molecule has 0 saturated heterocycles. The lowest BCUT2D eigenvalue weighted by atomic mass is 9.96. The normalized spacial score (nSPS) is 11.4. The highest BCUT2D eigenvalue weighted by atomic mass is 16.6. The number of rotatable bonds is 15. The van der Waals surface area contributed by atoms with Crippen molar-refractivity contribution in [2.75, 3.05) is 14.2 Å². The molecule has 0 aliphatic rings. The van der Waals surface area contributed by atoms with Gasteiger partial charge in [0.2, 0.25) is 5.75 Å². The summed E-state index contributed by atoms with van der Waals surface area (Å²) in [5.41, 5.74) is 4.27. The summed E-state index contributed by atoms with van der Waals surface area (Å²) >= 11 is 0. The molecule has 0 spiro atoms. The Kier molecular flexibility index (Phi) is 12.5. The Morgan fingerprint density at radius 2 is 1.38 bits per heavy atom. The van der Waals surface area contributed by atoms with Gasteiger partial charge in [0.1, 0.15) is 0 Å². The average Bonchev–Trinajstić information content (AvgIpc) is 2.76. The summed E-state index contributed by atoms with van der Waals surface area (Å²) in [5.74, 6) is 0.459. The van der Waals surface area contributed by atoms with E-state index in [4.69, 9.17) is 19.3 Å². The van der Waals surface area contributed by atoms with Gasteiger partial charge in [0, 0.05) is 12.8 Å². The number of methoxy groups -OCH3 is 2. The second-order valence-electron chi connectivity index (χ2n) is 8.22. The van der Waals surface area contributed by atoms with Gasteiger partial charge in [-0.05, 0) is 63.1 Å². The van der Waals surface area contributed by atoms with Gasteiger partial charge in [0.25, 0.3) is 0 Å². The molecule has 0 heterocycles. The van der Waals surface area contributed by atoms with Crippen molar-refractivity contribution in [1.82, 2.24) is 0 Å². The minimum atomic E-state index is -0.745. The van der Waals surface area contributed by atoms with Gasteiger partial charge >= 0.3 is 11.9 Å². The van der Waals surface area contributed by atoms with E-state index in [0.717, 1.165) is 61.6 Å². The van der Waals surface area contributed by atoms with E-state index in [2.05, 4.69) is 19.9 Å². The van der Waals surface area contributed by atoms with Gasteiger partial charge in [0.15, 0.2) is 11.5 Å². The number of unbranched alkanes of at least 4 members (excludes halogenated alkanes) is 5. The number of carbonyl (C=O) groups excluding carboxylic acids is 1. The summed E-state index contributed by atoms with van der Waals surface area (Å²) < 4.78 is 17.0. The molecule has 0 aliphatic heterocycles. The van der Waals surface area contributed by atoms with Crippen LogP contribution in [0.4, 0.5) is 0 Å². The van der Waals surface area contributed by atoms with E-state index in [-0.39, 0.29) is 12.4 Å². The monoisotopic (exact) mass is 448 g/mol. The third-order valence-corrected chi connectivity index (χ3v) is 5.86. The van der Waals surface area contributed by atoms with Crippen LogP contribution in [0.2, 0.25) is 0 Å².